The second-order valence-electron chi connectivity index (χ2n) is 4.73. The number of benzene rings is 1. The van der Waals surface area contributed by atoms with E-state index in [0.717, 1.165) is 12.8 Å². The van der Waals surface area contributed by atoms with E-state index in [-0.39, 0.29) is 5.91 Å². The van der Waals surface area contributed by atoms with Crippen molar-refractivity contribution in [3.63, 3.8) is 0 Å². The molecule has 0 fully saturated rings. The quantitative estimate of drug-likeness (QED) is 0.845. The Kier molecular flexibility index (Phi) is 5.13. The van der Waals surface area contributed by atoms with E-state index in [0.29, 0.717) is 17.3 Å². The molecule has 1 heterocycles. The standard InChI is InChI=1S/C16H17ClN2O/c1-12-7-9-13(10-8-12)4-2-6-15(20)19-14-5-3-11-18-16(14)17/h3,5,7-11H,2,4,6H2,1H3,(H,19,20). The Bertz CT molecular complexity index is 581. The van der Waals surface area contributed by atoms with Gasteiger partial charge < -0.3 is 5.32 Å². The highest BCUT2D eigenvalue weighted by Crippen LogP contribution is 2.17. The van der Waals surface area contributed by atoms with Crippen LogP contribution in [0.3, 0.4) is 0 Å². The molecule has 2 aromatic rings. The molecular weight excluding hydrogens is 272 g/mol. The van der Waals surface area contributed by atoms with Crippen LogP contribution in [0.1, 0.15) is 24.0 Å². The van der Waals surface area contributed by atoms with Crippen molar-refractivity contribution in [2.75, 3.05) is 5.32 Å². The van der Waals surface area contributed by atoms with E-state index in [9.17, 15) is 4.79 Å². The van der Waals surface area contributed by atoms with Crippen molar-refractivity contribution in [3.8, 4) is 0 Å². The number of halogens is 1. The summed E-state index contributed by atoms with van der Waals surface area (Å²) in [5.74, 6) is -0.0352. The minimum Gasteiger partial charge on any atom is -0.323 e. The highest BCUT2D eigenvalue weighted by atomic mass is 35.5. The monoisotopic (exact) mass is 288 g/mol. The Hall–Kier alpha value is -1.87. The summed E-state index contributed by atoms with van der Waals surface area (Å²) in [5.41, 5.74) is 3.06. The highest BCUT2D eigenvalue weighted by molar-refractivity contribution is 6.32. The van der Waals surface area contributed by atoms with E-state index in [4.69, 9.17) is 11.6 Å². The average Bonchev–Trinajstić information content (AvgIpc) is 2.44. The van der Waals surface area contributed by atoms with Crippen molar-refractivity contribution < 1.29 is 4.79 Å². The Balaban J connectivity index is 1.78. The van der Waals surface area contributed by atoms with E-state index in [2.05, 4.69) is 41.5 Å². The molecule has 1 N–H and O–H groups in total. The number of aromatic nitrogens is 1. The topological polar surface area (TPSA) is 42.0 Å². The van der Waals surface area contributed by atoms with Crippen LogP contribution in [0.2, 0.25) is 5.15 Å². The molecule has 0 aliphatic rings. The van der Waals surface area contributed by atoms with E-state index in [1.54, 1.807) is 18.3 Å². The summed E-state index contributed by atoms with van der Waals surface area (Å²) >= 11 is 5.89. The van der Waals surface area contributed by atoms with Gasteiger partial charge in [0.05, 0.1) is 5.69 Å². The zero-order valence-electron chi connectivity index (χ0n) is 11.4. The lowest BCUT2D eigenvalue weighted by Crippen LogP contribution is -2.12. The van der Waals surface area contributed by atoms with Gasteiger partial charge >= 0.3 is 0 Å². The predicted molar refractivity (Wildman–Crippen MR) is 82.0 cm³/mol. The fourth-order valence-electron chi connectivity index (χ4n) is 1.90. The van der Waals surface area contributed by atoms with Crippen molar-refractivity contribution in [2.45, 2.75) is 26.2 Å². The molecule has 20 heavy (non-hydrogen) atoms. The van der Waals surface area contributed by atoms with Crippen molar-refractivity contribution in [1.82, 2.24) is 4.98 Å². The van der Waals surface area contributed by atoms with E-state index >= 15 is 0 Å². The maximum Gasteiger partial charge on any atom is 0.224 e. The number of carbonyl (C=O) groups is 1. The minimum atomic E-state index is -0.0352. The van der Waals surface area contributed by atoms with Gasteiger partial charge in [0.1, 0.15) is 0 Å². The first-order chi connectivity index (χ1) is 9.65. The van der Waals surface area contributed by atoms with Crippen LogP contribution in [0.15, 0.2) is 42.6 Å². The molecule has 2 rings (SSSR count). The van der Waals surface area contributed by atoms with Crippen LogP contribution >= 0.6 is 11.6 Å². The molecular formula is C16H17ClN2O. The largest absolute Gasteiger partial charge is 0.323 e. The maximum atomic E-state index is 11.8. The van der Waals surface area contributed by atoms with Crippen LogP contribution in [-0.2, 0) is 11.2 Å². The molecule has 3 nitrogen and oxygen atoms in total. The van der Waals surface area contributed by atoms with E-state index < -0.39 is 0 Å². The fourth-order valence-corrected chi connectivity index (χ4v) is 2.07. The molecule has 1 amide bonds. The zero-order valence-corrected chi connectivity index (χ0v) is 12.2. The minimum absolute atomic E-state index is 0.0352. The fraction of sp³-hybridized carbons (Fsp3) is 0.250. The number of amides is 1. The Morgan fingerprint density at radius 3 is 2.70 bits per heavy atom. The highest BCUT2D eigenvalue weighted by Gasteiger charge is 2.06. The summed E-state index contributed by atoms with van der Waals surface area (Å²) in [4.78, 5) is 15.7. The molecule has 0 unspecified atom stereocenters. The van der Waals surface area contributed by atoms with Gasteiger partial charge in [-0.05, 0) is 37.5 Å². The van der Waals surface area contributed by atoms with E-state index in [1.165, 1.54) is 11.1 Å². The number of nitrogens with one attached hydrogen (secondary N) is 1. The lowest BCUT2D eigenvalue weighted by Gasteiger charge is -2.06. The van der Waals surface area contributed by atoms with Gasteiger partial charge in [0.25, 0.3) is 0 Å². The third kappa shape index (κ3) is 4.35. The van der Waals surface area contributed by atoms with Crippen LogP contribution in [-0.4, -0.2) is 10.9 Å². The van der Waals surface area contributed by atoms with Crippen LogP contribution in [0, 0.1) is 6.92 Å². The molecule has 0 spiro atoms. The summed E-state index contributed by atoms with van der Waals surface area (Å²) in [6.45, 7) is 2.06. The van der Waals surface area contributed by atoms with Gasteiger partial charge in [-0.2, -0.15) is 0 Å². The van der Waals surface area contributed by atoms with Gasteiger partial charge in [0.15, 0.2) is 5.15 Å². The maximum absolute atomic E-state index is 11.8. The summed E-state index contributed by atoms with van der Waals surface area (Å²) in [7, 11) is 0. The number of nitrogens with zero attached hydrogens (tertiary/aromatic N) is 1. The normalized spacial score (nSPS) is 10.3. The third-order valence-electron chi connectivity index (χ3n) is 3.02. The molecule has 0 saturated carbocycles. The summed E-state index contributed by atoms with van der Waals surface area (Å²) < 4.78 is 0. The smallest absolute Gasteiger partial charge is 0.224 e. The SMILES string of the molecule is Cc1ccc(CCCC(=O)Nc2cccnc2Cl)cc1. The van der Waals surface area contributed by atoms with Gasteiger partial charge in [-0.1, -0.05) is 41.4 Å². The second kappa shape index (κ2) is 7.06. The van der Waals surface area contributed by atoms with Gasteiger partial charge in [0.2, 0.25) is 5.91 Å². The Labute approximate surface area is 124 Å². The average molecular weight is 289 g/mol. The lowest BCUT2D eigenvalue weighted by atomic mass is 10.1. The number of hydrogen-bond acceptors (Lipinski definition) is 2. The Morgan fingerprint density at radius 1 is 1.25 bits per heavy atom. The summed E-state index contributed by atoms with van der Waals surface area (Å²) in [5, 5.41) is 3.09. The van der Waals surface area contributed by atoms with Gasteiger partial charge in [-0.25, -0.2) is 4.98 Å². The van der Waals surface area contributed by atoms with Crippen molar-refractivity contribution in [1.29, 1.82) is 0 Å². The molecule has 4 heteroatoms. The lowest BCUT2D eigenvalue weighted by molar-refractivity contribution is -0.116. The third-order valence-corrected chi connectivity index (χ3v) is 3.32. The molecule has 1 aromatic carbocycles. The first kappa shape index (κ1) is 14.5. The van der Waals surface area contributed by atoms with Gasteiger partial charge in [-0.15, -0.1) is 0 Å². The molecule has 0 radical (unpaired) electrons. The van der Waals surface area contributed by atoms with Gasteiger partial charge in [0, 0.05) is 12.6 Å². The first-order valence-corrected chi connectivity index (χ1v) is 6.99. The molecule has 0 saturated heterocycles. The predicted octanol–water partition coefficient (Wildman–Crippen LogP) is 4.00. The Morgan fingerprint density at radius 2 is 2.00 bits per heavy atom. The van der Waals surface area contributed by atoms with Crippen molar-refractivity contribution in [3.05, 3.63) is 58.9 Å². The van der Waals surface area contributed by atoms with Crippen LogP contribution in [0.5, 0.6) is 0 Å². The number of carbonyl (C=O) groups excluding carboxylic acids is 1. The summed E-state index contributed by atoms with van der Waals surface area (Å²) in [6, 6.07) is 11.9. The molecule has 0 atom stereocenters. The number of aryl methyl sites for hydroxylation is 2. The summed E-state index contributed by atoms with van der Waals surface area (Å²) in [6.07, 6.45) is 3.77. The molecule has 104 valence electrons. The first-order valence-electron chi connectivity index (χ1n) is 6.61. The van der Waals surface area contributed by atoms with Gasteiger partial charge in [-0.3, -0.25) is 4.79 Å². The van der Waals surface area contributed by atoms with Crippen molar-refractivity contribution in [2.24, 2.45) is 0 Å². The number of rotatable bonds is 5. The second-order valence-corrected chi connectivity index (χ2v) is 5.09. The molecule has 0 aliphatic heterocycles. The number of anilines is 1. The zero-order chi connectivity index (χ0) is 14.4. The molecule has 0 aliphatic carbocycles. The number of pyridine rings is 1. The van der Waals surface area contributed by atoms with Crippen LogP contribution in [0.4, 0.5) is 5.69 Å². The number of hydrogen-bond donors (Lipinski definition) is 1. The van der Waals surface area contributed by atoms with Crippen molar-refractivity contribution >= 4 is 23.2 Å². The van der Waals surface area contributed by atoms with E-state index in [1.807, 2.05) is 0 Å². The molecule has 1 aromatic heterocycles. The molecule has 0 bridgehead atoms. The van der Waals surface area contributed by atoms with Crippen LogP contribution in [0.25, 0.3) is 0 Å². The van der Waals surface area contributed by atoms with Crippen LogP contribution < -0.4 is 5.32 Å².